The number of amides is 1. The highest BCUT2D eigenvalue weighted by atomic mass is 16.6. The molecule has 0 bridgehead atoms. The molecule has 1 aliphatic carbocycles. The molecule has 0 aromatic heterocycles. The Morgan fingerprint density at radius 1 is 1.17 bits per heavy atom. The van der Waals surface area contributed by atoms with E-state index in [4.69, 9.17) is 9.47 Å². The summed E-state index contributed by atoms with van der Waals surface area (Å²) in [5, 5.41) is 0. The summed E-state index contributed by atoms with van der Waals surface area (Å²) < 4.78 is 10.8. The van der Waals surface area contributed by atoms with Gasteiger partial charge in [-0.15, -0.1) is 0 Å². The number of rotatable bonds is 4. The lowest BCUT2D eigenvalue weighted by Crippen LogP contribution is -2.55. The van der Waals surface area contributed by atoms with Crippen molar-refractivity contribution in [2.45, 2.75) is 51.7 Å². The maximum absolute atomic E-state index is 12.6. The summed E-state index contributed by atoms with van der Waals surface area (Å²) >= 11 is 0. The highest BCUT2D eigenvalue weighted by Gasteiger charge is 2.55. The standard InChI is InChI=1S/C19H25NO4/c1-2-23-17(21)19-11-6-10-16(19)20(13-7-12-19)18(22)24-14-15-8-4-3-5-9-15/h3-5,8-9,16H,2,6-7,10-14H2,1H3. The van der Waals surface area contributed by atoms with Gasteiger partial charge in [0.2, 0.25) is 0 Å². The number of hydrogen-bond acceptors (Lipinski definition) is 4. The van der Waals surface area contributed by atoms with Crippen LogP contribution in [0.25, 0.3) is 0 Å². The molecule has 0 radical (unpaired) electrons. The lowest BCUT2D eigenvalue weighted by Gasteiger charge is -2.43. The minimum atomic E-state index is -0.528. The molecule has 1 heterocycles. The van der Waals surface area contributed by atoms with Gasteiger partial charge < -0.3 is 14.4 Å². The van der Waals surface area contributed by atoms with Crippen molar-refractivity contribution in [2.75, 3.05) is 13.2 Å². The van der Waals surface area contributed by atoms with Gasteiger partial charge in [-0.2, -0.15) is 0 Å². The number of likely N-dealkylation sites (tertiary alicyclic amines) is 1. The van der Waals surface area contributed by atoms with E-state index in [2.05, 4.69) is 0 Å². The van der Waals surface area contributed by atoms with Crippen molar-refractivity contribution in [3.63, 3.8) is 0 Å². The number of fused-ring (bicyclic) bond motifs is 1. The summed E-state index contributed by atoms with van der Waals surface area (Å²) in [4.78, 5) is 26.9. The van der Waals surface area contributed by atoms with Gasteiger partial charge in [0.25, 0.3) is 0 Å². The Bertz CT molecular complexity index is 588. The molecule has 1 saturated heterocycles. The number of esters is 1. The van der Waals surface area contributed by atoms with Gasteiger partial charge in [0.1, 0.15) is 6.61 Å². The molecule has 2 atom stereocenters. The Morgan fingerprint density at radius 3 is 2.67 bits per heavy atom. The monoisotopic (exact) mass is 331 g/mol. The molecule has 24 heavy (non-hydrogen) atoms. The predicted octanol–water partition coefficient (Wildman–Crippen LogP) is 3.52. The van der Waals surface area contributed by atoms with Crippen LogP contribution < -0.4 is 0 Å². The van der Waals surface area contributed by atoms with Crippen LogP contribution in [0.2, 0.25) is 0 Å². The van der Waals surface area contributed by atoms with Gasteiger partial charge >= 0.3 is 12.1 Å². The largest absolute Gasteiger partial charge is 0.466 e. The van der Waals surface area contributed by atoms with Gasteiger partial charge in [0.05, 0.1) is 18.1 Å². The number of ether oxygens (including phenoxy) is 2. The Morgan fingerprint density at radius 2 is 1.92 bits per heavy atom. The molecule has 130 valence electrons. The van der Waals surface area contributed by atoms with Crippen molar-refractivity contribution < 1.29 is 19.1 Å². The summed E-state index contributed by atoms with van der Waals surface area (Å²) in [5.74, 6) is -0.145. The fourth-order valence-corrected chi connectivity index (χ4v) is 4.16. The van der Waals surface area contributed by atoms with E-state index in [1.807, 2.05) is 37.3 Å². The summed E-state index contributed by atoms with van der Waals surface area (Å²) in [6, 6.07) is 9.56. The van der Waals surface area contributed by atoms with E-state index in [1.165, 1.54) is 0 Å². The van der Waals surface area contributed by atoms with E-state index in [0.717, 1.165) is 37.7 Å². The smallest absolute Gasteiger partial charge is 0.410 e. The quantitative estimate of drug-likeness (QED) is 0.792. The zero-order chi connectivity index (χ0) is 17.0. The third kappa shape index (κ3) is 3.12. The third-order valence-corrected chi connectivity index (χ3v) is 5.26. The van der Waals surface area contributed by atoms with Gasteiger partial charge in [-0.05, 0) is 38.2 Å². The molecule has 5 nitrogen and oxygen atoms in total. The Hall–Kier alpha value is -2.04. The van der Waals surface area contributed by atoms with E-state index in [-0.39, 0.29) is 24.7 Å². The zero-order valence-electron chi connectivity index (χ0n) is 14.2. The predicted molar refractivity (Wildman–Crippen MR) is 89.3 cm³/mol. The first kappa shape index (κ1) is 16.8. The van der Waals surface area contributed by atoms with Crippen LogP contribution in [0, 0.1) is 5.41 Å². The average molecular weight is 331 g/mol. The second-order valence-corrected chi connectivity index (χ2v) is 6.62. The van der Waals surface area contributed by atoms with Crippen LogP contribution in [0.4, 0.5) is 4.79 Å². The second-order valence-electron chi connectivity index (χ2n) is 6.62. The molecule has 3 rings (SSSR count). The molecule has 0 spiro atoms. The van der Waals surface area contributed by atoms with Crippen molar-refractivity contribution in [3.8, 4) is 0 Å². The van der Waals surface area contributed by atoms with Crippen LogP contribution in [0.5, 0.6) is 0 Å². The SMILES string of the molecule is CCOC(=O)C12CCCC1N(C(=O)OCc1ccccc1)CCC2. The van der Waals surface area contributed by atoms with E-state index in [0.29, 0.717) is 13.2 Å². The van der Waals surface area contributed by atoms with Crippen LogP contribution in [0.1, 0.15) is 44.6 Å². The number of piperidine rings is 1. The van der Waals surface area contributed by atoms with Crippen LogP contribution in [0.3, 0.4) is 0 Å². The minimum absolute atomic E-state index is 0.0893. The van der Waals surface area contributed by atoms with Crippen LogP contribution >= 0.6 is 0 Å². The maximum atomic E-state index is 12.6. The van der Waals surface area contributed by atoms with Crippen molar-refractivity contribution in [3.05, 3.63) is 35.9 Å². The third-order valence-electron chi connectivity index (χ3n) is 5.26. The molecular formula is C19H25NO4. The van der Waals surface area contributed by atoms with Crippen LogP contribution in [-0.2, 0) is 20.9 Å². The first-order chi connectivity index (χ1) is 11.7. The number of hydrogen-bond donors (Lipinski definition) is 0. The average Bonchev–Trinajstić information content (AvgIpc) is 3.06. The first-order valence-corrected chi connectivity index (χ1v) is 8.82. The Labute approximate surface area is 142 Å². The van der Waals surface area contributed by atoms with E-state index in [9.17, 15) is 9.59 Å². The molecule has 5 heteroatoms. The molecule has 1 aromatic carbocycles. The fourth-order valence-electron chi connectivity index (χ4n) is 4.16. The van der Waals surface area contributed by atoms with Crippen molar-refractivity contribution >= 4 is 12.1 Å². The number of carbonyl (C=O) groups excluding carboxylic acids is 2. The number of nitrogens with zero attached hydrogens (tertiary/aromatic N) is 1. The highest BCUT2D eigenvalue weighted by Crippen LogP contribution is 2.48. The van der Waals surface area contributed by atoms with Crippen molar-refractivity contribution in [1.29, 1.82) is 0 Å². The molecule has 1 aliphatic heterocycles. The molecule has 0 N–H and O–H groups in total. The lowest BCUT2D eigenvalue weighted by atomic mass is 9.75. The molecule has 1 saturated carbocycles. The fraction of sp³-hybridized carbons (Fsp3) is 0.579. The summed E-state index contributed by atoms with van der Waals surface area (Å²) in [6.45, 7) is 3.12. The lowest BCUT2D eigenvalue weighted by molar-refractivity contribution is -0.161. The van der Waals surface area contributed by atoms with E-state index in [1.54, 1.807) is 4.90 Å². The molecule has 1 aromatic rings. The van der Waals surface area contributed by atoms with Gasteiger partial charge in [-0.3, -0.25) is 4.79 Å². The summed E-state index contributed by atoms with van der Waals surface area (Å²) in [6.07, 6.45) is 3.90. The number of carbonyl (C=O) groups is 2. The topological polar surface area (TPSA) is 55.8 Å². The Balaban J connectivity index is 1.69. The maximum Gasteiger partial charge on any atom is 0.410 e. The number of benzene rings is 1. The van der Waals surface area contributed by atoms with Gasteiger partial charge in [-0.1, -0.05) is 36.8 Å². The molecule has 2 unspecified atom stereocenters. The van der Waals surface area contributed by atoms with Crippen LogP contribution in [-0.4, -0.2) is 36.2 Å². The highest BCUT2D eigenvalue weighted by molar-refractivity contribution is 5.80. The summed E-state index contributed by atoms with van der Waals surface area (Å²) in [5.41, 5.74) is 0.436. The van der Waals surface area contributed by atoms with Crippen LogP contribution in [0.15, 0.2) is 30.3 Å². The van der Waals surface area contributed by atoms with E-state index >= 15 is 0 Å². The first-order valence-electron chi connectivity index (χ1n) is 8.82. The van der Waals surface area contributed by atoms with Gasteiger partial charge in [0.15, 0.2) is 0 Å². The van der Waals surface area contributed by atoms with Gasteiger partial charge in [-0.25, -0.2) is 4.79 Å². The molecular weight excluding hydrogens is 306 g/mol. The minimum Gasteiger partial charge on any atom is -0.466 e. The zero-order valence-corrected chi connectivity index (χ0v) is 14.2. The van der Waals surface area contributed by atoms with Crippen molar-refractivity contribution in [1.82, 2.24) is 4.90 Å². The normalized spacial score (nSPS) is 25.9. The van der Waals surface area contributed by atoms with Crippen molar-refractivity contribution in [2.24, 2.45) is 5.41 Å². The van der Waals surface area contributed by atoms with Gasteiger partial charge in [0, 0.05) is 6.54 Å². The molecule has 2 fully saturated rings. The molecule has 2 aliphatic rings. The second kappa shape index (κ2) is 7.24. The Kier molecular flexibility index (Phi) is 5.07. The summed E-state index contributed by atoms with van der Waals surface area (Å²) in [7, 11) is 0. The molecule has 1 amide bonds. The van der Waals surface area contributed by atoms with E-state index < -0.39 is 5.41 Å².